The molecule has 1 heterocycles. The molecule has 2 aromatic carbocycles. The Morgan fingerprint density at radius 2 is 1.66 bits per heavy atom. The number of nitrogens with zero attached hydrogens (tertiary/aromatic N) is 2. The molecule has 1 aliphatic rings. The first-order valence-electron chi connectivity index (χ1n) is 11.1. The van der Waals surface area contributed by atoms with Gasteiger partial charge in [0.25, 0.3) is 5.56 Å². The van der Waals surface area contributed by atoms with E-state index in [1.807, 2.05) is 37.3 Å². The number of amides is 1. The molecule has 0 fully saturated rings. The zero-order valence-electron chi connectivity index (χ0n) is 18.4. The highest BCUT2D eigenvalue weighted by Gasteiger charge is 2.27. The number of hydrogen-bond donors (Lipinski definition) is 1. The molecule has 32 heavy (non-hydrogen) atoms. The van der Waals surface area contributed by atoms with Gasteiger partial charge >= 0.3 is 0 Å². The van der Waals surface area contributed by atoms with Crippen LogP contribution in [-0.4, -0.2) is 21.5 Å². The number of nitrogens with one attached hydrogen (secondary N) is 1. The molecule has 0 saturated heterocycles. The third kappa shape index (κ3) is 4.26. The molecule has 1 atom stereocenters. The van der Waals surface area contributed by atoms with Crippen molar-refractivity contribution in [2.75, 3.05) is 5.32 Å². The molecule has 6 nitrogen and oxygen atoms in total. The van der Waals surface area contributed by atoms with E-state index in [9.17, 15) is 14.4 Å². The molecule has 1 amide bonds. The Balaban J connectivity index is 1.72. The number of ketones is 1. The van der Waals surface area contributed by atoms with Gasteiger partial charge in [0.15, 0.2) is 5.78 Å². The molecule has 0 radical (unpaired) electrons. The molecule has 1 aromatic heterocycles. The molecule has 6 heteroatoms. The number of Topliss-reactive ketones (excluding diaryl/α,β-unsaturated/α-hetero) is 1. The highest BCUT2D eigenvalue weighted by atomic mass is 16.2. The van der Waals surface area contributed by atoms with E-state index >= 15 is 0 Å². The number of carbonyl (C=O) groups excluding carboxylic acids is 2. The van der Waals surface area contributed by atoms with Crippen molar-refractivity contribution in [2.45, 2.75) is 52.0 Å². The van der Waals surface area contributed by atoms with E-state index in [1.165, 1.54) is 11.6 Å². The van der Waals surface area contributed by atoms with Gasteiger partial charge in [0.05, 0.1) is 5.69 Å². The fourth-order valence-corrected chi connectivity index (χ4v) is 4.28. The fraction of sp³-hybridized carbons (Fsp3) is 0.308. The Bertz CT molecular complexity index is 1200. The average molecular weight is 430 g/mol. The third-order valence-electron chi connectivity index (χ3n) is 6.02. The first-order valence-corrected chi connectivity index (χ1v) is 11.1. The fourth-order valence-electron chi connectivity index (χ4n) is 4.28. The Labute approximate surface area is 187 Å². The van der Waals surface area contributed by atoms with E-state index < -0.39 is 6.04 Å². The first-order chi connectivity index (χ1) is 15.5. The van der Waals surface area contributed by atoms with Crippen molar-refractivity contribution in [1.82, 2.24) is 9.78 Å². The molecule has 164 valence electrons. The number of aromatic nitrogens is 2. The molecule has 0 saturated carbocycles. The molecular formula is C26H27N3O3. The van der Waals surface area contributed by atoms with Gasteiger partial charge in [-0.15, -0.1) is 0 Å². The van der Waals surface area contributed by atoms with Crippen LogP contribution < -0.4 is 10.9 Å². The van der Waals surface area contributed by atoms with Crippen molar-refractivity contribution in [3.63, 3.8) is 0 Å². The summed E-state index contributed by atoms with van der Waals surface area (Å²) in [5.74, 6) is -0.333. The zero-order chi connectivity index (χ0) is 22.7. The minimum atomic E-state index is -0.732. The van der Waals surface area contributed by atoms with Gasteiger partial charge in [-0.1, -0.05) is 37.3 Å². The molecule has 3 aromatic rings. The predicted molar refractivity (Wildman–Crippen MR) is 125 cm³/mol. The summed E-state index contributed by atoms with van der Waals surface area (Å²) in [6.45, 7) is 3.37. The lowest BCUT2D eigenvalue weighted by molar-refractivity contribution is -0.119. The largest absolute Gasteiger partial charge is 0.324 e. The predicted octanol–water partition coefficient (Wildman–Crippen LogP) is 4.58. The summed E-state index contributed by atoms with van der Waals surface area (Å²) >= 11 is 0. The highest BCUT2D eigenvalue weighted by Crippen LogP contribution is 2.29. The van der Waals surface area contributed by atoms with E-state index in [0.717, 1.165) is 41.6 Å². The van der Waals surface area contributed by atoms with Crippen molar-refractivity contribution in [2.24, 2.45) is 0 Å². The van der Waals surface area contributed by atoms with Gasteiger partial charge in [0.1, 0.15) is 6.04 Å². The number of anilines is 1. The SMILES string of the molecule is CCC(C(=O)Nc1ccc(C(C)=O)cc1)n1nc(-c2ccccc2)c2c(c1=O)CCCC2. The maximum atomic E-state index is 13.4. The van der Waals surface area contributed by atoms with Gasteiger partial charge in [-0.25, -0.2) is 4.68 Å². The van der Waals surface area contributed by atoms with Crippen LogP contribution in [-0.2, 0) is 17.6 Å². The summed E-state index contributed by atoms with van der Waals surface area (Å²) in [7, 11) is 0. The van der Waals surface area contributed by atoms with Crippen LogP contribution in [0.3, 0.4) is 0 Å². The van der Waals surface area contributed by atoms with Crippen molar-refractivity contribution < 1.29 is 9.59 Å². The number of benzene rings is 2. The second-order valence-electron chi connectivity index (χ2n) is 8.18. The van der Waals surface area contributed by atoms with Crippen LogP contribution in [0.15, 0.2) is 59.4 Å². The monoisotopic (exact) mass is 429 g/mol. The molecule has 0 spiro atoms. The van der Waals surface area contributed by atoms with Crippen molar-refractivity contribution in [3.05, 3.63) is 81.6 Å². The van der Waals surface area contributed by atoms with Gasteiger partial charge in [-0.05, 0) is 68.9 Å². The lowest BCUT2D eigenvalue weighted by atomic mass is 9.89. The first kappa shape index (κ1) is 21.7. The summed E-state index contributed by atoms with van der Waals surface area (Å²) < 4.78 is 1.37. The van der Waals surface area contributed by atoms with Crippen molar-refractivity contribution in [3.8, 4) is 11.3 Å². The molecule has 4 rings (SSSR count). The number of hydrogen-bond acceptors (Lipinski definition) is 4. The van der Waals surface area contributed by atoms with E-state index in [1.54, 1.807) is 24.3 Å². The Kier molecular flexibility index (Phi) is 6.30. The third-order valence-corrected chi connectivity index (χ3v) is 6.02. The summed E-state index contributed by atoms with van der Waals surface area (Å²) in [4.78, 5) is 38.0. The minimum Gasteiger partial charge on any atom is -0.324 e. The van der Waals surface area contributed by atoms with E-state index in [2.05, 4.69) is 5.32 Å². The lowest BCUT2D eigenvalue weighted by Gasteiger charge is -2.23. The van der Waals surface area contributed by atoms with Crippen LogP contribution in [0.2, 0.25) is 0 Å². The maximum Gasteiger partial charge on any atom is 0.271 e. The quantitative estimate of drug-likeness (QED) is 0.582. The number of fused-ring (bicyclic) bond motifs is 1. The summed E-state index contributed by atoms with van der Waals surface area (Å²) in [5, 5.41) is 7.60. The minimum absolute atomic E-state index is 0.0347. The van der Waals surface area contributed by atoms with Crippen LogP contribution in [0, 0.1) is 0 Å². The van der Waals surface area contributed by atoms with Crippen LogP contribution in [0.1, 0.15) is 60.6 Å². The van der Waals surface area contributed by atoms with E-state index in [0.29, 0.717) is 24.1 Å². The molecule has 0 bridgehead atoms. The molecule has 1 aliphatic carbocycles. The molecule has 0 aliphatic heterocycles. The van der Waals surface area contributed by atoms with Crippen LogP contribution in [0.5, 0.6) is 0 Å². The maximum absolute atomic E-state index is 13.4. The summed E-state index contributed by atoms with van der Waals surface area (Å²) in [5.41, 5.74) is 4.52. The average Bonchev–Trinajstić information content (AvgIpc) is 2.82. The van der Waals surface area contributed by atoms with Gasteiger partial charge in [0, 0.05) is 22.4 Å². The van der Waals surface area contributed by atoms with Gasteiger partial charge < -0.3 is 5.32 Å². The van der Waals surface area contributed by atoms with E-state index in [-0.39, 0.29) is 17.2 Å². The Hall–Kier alpha value is -3.54. The van der Waals surface area contributed by atoms with Crippen LogP contribution in [0.4, 0.5) is 5.69 Å². The summed E-state index contributed by atoms with van der Waals surface area (Å²) in [6, 6.07) is 15.8. The second-order valence-corrected chi connectivity index (χ2v) is 8.18. The second kappa shape index (κ2) is 9.30. The molecule has 1 N–H and O–H groups in total. The zero-order valence-corrected chi connectivity index (χ0v) is 18.4. The Morgan fingerprint density at radius 1 is 1.00 bits per heavy atom. The summed E-state index contributed by atoms with van der Waals surface area (Å²) in [6.07, 6.45) is 3.96. The highest BCUT2D eigenvalue weighted by molar-refractivity contribution is 5.96. The van der Waals surface area contributed by atoms with Crippen LogP contribution >= 0.6 is 0 Å². The molecular weight excluding hydrogens is 402 g/mol. The standard InChI is InChI=1S/C26H27N3O3/c1-3-23(25(31)27-20-15-13-18(14-16-20)17(2)30)29-26(32)22-12-8-7-11-21(22)24(28-29)19-9-5-4-6-10-19/h4-6,9-10,13-16,23H,3,7-8,11-12H2,1-2H3,(H,27,31). The van der Waals surface area contributed by atoms with Gasteiger partial charge in [0.2, 0.25) is 5.91 Å². The van der Waals surface area contributed by atoms with Crippen molar-refractivity contribution >= 4 is 17.4 Å². The lowest BCUT2D eigenvalue weighted by Crippen LogP contribution is -2.38. The smallest absolute Gasteiger partial charge is 0.271 e. The van der Waals surface area contributed by atoms with Gasteiger partial charge in [-0.3, -0.25) is 14.4 Å². The van der Waals surface area contributed by atoms with Crippen molar-refractivity contribution in [1.29, 1.82) is 0 Å². The van der Waals surface area contributed by atoms with Crippen LogP contribution in [0.25, 0.3) is 11.3 Å². The van der Waals surface area contributed by atoms with E-state index in [4.69, 9.17) is 5.10 Å². The number of carbonyl (C=O) groups is 2. The Morgan fingerprint density at radius 3 is 2.28 bits per heavy atom. The topological polar surface area (TPSA) is 81.1 Å². The normalized spacial score (nSPS) is 13.8. The molecule has 1 unspecified atom stereocenters. The van der Waals surface area contributed by atoms with Gasteiger partial charge in [-0.2, -0.15) is 5.10 Å². The number of rotatable bonds is 6.